The predicted octanol–water partition coefficient (Wildman–Crippen LogP) is 1.74. The molecular weight excluding hydrogens is 1710 g/mol. The van der Waals surface area contributed by atoms with Crippen LogP contribution >= 0.6 is 0 Å². The number of carbonyl (C=O) groups excluding carboxylic acids is 15. The molecule has 3 aromatic carbocycles. The molecule has 0 bridgehead atoms. The molecule has 5 aromatic rings. The van der Waals surface area contributed by atoms with E-state index in [0.717, 1.165) is 26.8 Å². The van der Waals surface area contributed by atoms with Gasteiger partial charge in [-0.1, -0.05) is 116 Å². The summed E-state index contributed by atoms with van der Waals surface area (Å²) < 4.78 is 15.9. The number of H-pyrrole nitrogens is 1. The fourth-order valence-electron chi connectivity index (χ4n) is 18.1. The van der Waals surface area contributed by atoms with Crippen molar-refractivity contribution in [2.75, 3.05) is 46.8 Å². The van der Waals surface area contributed by atoms with Crippen LogP contribution in [0.4, 0.5) is 4.39 Å². The standard InChI is InChI=1S/C93H131FN18O20/c1-9-11-25-72-86(125)102-65(39-52(3)4)84(123)100-63(81(97)120)24-19-30-78(115)99-67(41-54-31-33-58(94)34-32-54)90(129)110-37-18-17-28-73(110)87(126)105-69(46-79(116)117)91(130)111-38-20-29-74(111)88(127)106-70(47-96)85(124)103-66(40-53(5)6)92(131)112-50-59(113)45-76(112)77(114)44-55(42-56-48-98-62-23-15-13-21-60(56)62)82(121)101-64(35-36-95)83(122)104-68(89(128)108(8)75(26-12-10-2)93(132)107(72)7)43-57-49-109(51-80(118)119)71-27-16-14-22-61(57)71/h13-16,21-23,27,31-34,48-49,52-53,55,59,63-70,72-76,98,113H,9-12,17-20,24-26,28-30,35-47,50-51,95-96H2,1-8H3,(H2,97,120)(H,99,115)(H,100,123)(H,101,121)(H,102,125)(H,103,124)(H,104,122)(H,105,126)(H,106,127)(H,116,117)(H,118,119)/t55-,59-,63+,64+,65+,66+,67+,68+,69+,70+,72+,73+,74+,75+,76+/m1/s1. The van der Waals surface area contributed by atoms with Crippen molar-refractivity contribution in [3.63, 3.8) is 0 Å². The number of primary amides is 1. The molecule has 0 radical (unpaired) electrons. The van der Waals surface area contributed by atoms with E-state index >= 15 is 38.4 Å². The maximum absolute atomic E-state index is 15.9. The van der Waals surface area contributed by atoms with Crippen LogP contribution in [0.3, 0.4) is 0 Å². The summed E-state index contributed by atoms with van der Waals surface area (Å²) in [5, 5.41) is 54.7. The van der Waals surface area contributed by atoms with E-state index in [-0.39, 0.29) is 121 Å². The number of nitrogens with one attached hydrogen (secondary N) is 9. The summed E-state index contributed by atoms with van der Waals surface area (Å²) in [6.07, 6.45) is 0.624. The van der Waals surface area contributed by atoms with Crippen LogP contribution in [0, 0.1) is 23.6 Å². The van der Waals surface area contributed by atoms with Crippen LogP contribution in [-0.4, -0.2) is 281 Å². The number of unbranched alkanes of at least 4 members (excludes halogenated alkanes) is 2. The van der Waals surface area contributed by atoms with Gasteiger partial charge < -0.3 is 109 Å². The first kappa shape index (κ1) is 103. The minimum Gasteiger partial charge on any atom is -0.481 e. The van der Waals surface area contributed by atoms with E-state index in [1.807, 2.05) is 13.8 Å². The number of carboxylic acids is 2. The summed E-state index contributed by atoms with van der Waals surface area (Å²) in [7, 11) is 2.74. The molecule has 18 N–H and O–H groups in total. The lowest BCUT2D eigenvalue weighted by Gasteiger charge is -2.38. The van der Waals surface area contributed by atoms with Crippen LogP contribution < -0.4 is 59.7 Å². The Hall–Kier alpha value is -12.3. The number of aromatic amines is 1. The molecule has 38 nitrogen and oxygen atoms in total. The number of aliphatic hydroxyl groups excluding tert-OH is 1. The van der Waals surface area contributed by atoms with Crippen molar-refractivity contribution in [1.82, 2.24) is 76.6 Å². The molecule has 0 spiro atoms. The van der Waals surface area contributed by atoms with Crippen molar-refractivity contribution in [1.29, 1.82) is 0 Å². The van der Waals surface area contributed by atoms with Crippen molar-refractivity contribution in [2.45, 2.75) is 280 Å². The molecule has 132 heavy (non-hydrogen) atoms. The molecule has 0 aliphatic carbocycles. The number of piperidine rings is 1. The summed E-state index contributed by atoms with van der Waals surface area (Å²) in [4.78, 5) is 258. The maximum atomic E-state index is 15.9. The van der Waals surface area contributed by atoms with Crippen molar-refractivity contribution in [2.24, 2.45) is 35.0 Å². The van der Waals surface area contributed by atoms with Gasteiger partial charge in [-0.15, -0.1) is 0 Å². The van der Waals surface area contributed by atoms with Crippen molar-refractivity contribution < 1.29 is 101 Å². The Morgan fingerprint density at radius 2 is 1.07 bits per heavy atom. The van der Waals surface area contributed by atoms with E-state index in [9.17, 15) is 62.9 Å². The Labute approximate surface area is 766 Å². The van der Waals surface area contributed by atoms with Gasteiger partial charge in [0.25, 0.3) is 0 Å². The quantitative estimate of drug-likeness (QED) is 0.0418. The molecule has 9 rings (SSSR count). The number of benzene rings is 3. The summed E-state index contributed by atoms with van der Waals surface area (Å²) in [6.45, 7) is 8.80. The molecule has 39 heteroatoms. The van der Waals surface area contributed by atoms with Gasteiger partial charge >= 0.3 is 11.9 Å². The summed E-state index contributed by atoms with van der Waals surface area (Å²) in [6, 6.07) is -0.346. The predicted molar refractivity (Wildman–Crippen MR) is 483 cm³/mol. The SMILES string of the molecule is CCCC[C@H]1C(=O)N(C)[C@@H](CCCC)C(=O)N[C@@H](CC(C)C)C(=O)N[C@H](C(N)=O)CCCC(=O)N[C@@H](Cc2ccc(F)cc2)C(=O)N2CCCC[C@H]2C(=O)N[C@@H](CC(=O)O)C(=O)N2CCC[C@H]2C(=O)N[C@@H](CN)C(=O)N[C@@H](CC(C)C)C(=O)N2C[C@H](O)C[C@H]2C(=O)C[C@@H](Cc2c[nH]c3ccccc23)C(=O)N[C@@H](CCN)C(=O)N[C@@H](Cc2cn(CC(=O)O)c3ccccc23)C(=O)N1C. The van der Waals surface area contributed by atoms with Gasteiger partial charge in [-0.2, -0.15) is 0 Å². The number of rotatable bonds is 24. The zero-order chi connectivity index (χ0) is 96.5. The average molecular weight is 1840 g/mol. The normalized spacial score (nSPS) is 25.8. The second kappa shape index (κ2) is 48.8. The highest BCUT2D eigenvalue weighted by atomic mass is 19.1. The lowest BCUT2D eigenvalue weighted by molar-refractivity contribution is -0.149. The number of halogens is 1. The Morgan fingerprint density at radius 3 is 1.70 bits per heavy atom. The number of hydrogen-bond acceptors (Lipinski definition) is 20. The molecule has 14 amide bonds. The fraction of sp³-hybridized carbons (Fsp3) is 0.581. The highest BCUT2D eigenvalue weighted by Gasteiger charge is 2.47. The number of para-hydroxylation sites is 2. The van der Waals surface area contributed by atoms with Crippen LogP contribution in [0.2, 0.25) is 0 Å². The Balaban J connectivity index is 1.09. The van der Waals surface area contributed by atoms with Gasteiger partial charge in [0.1, 0.15) is 84.9 Å². The van der Waals surface area contributed by atoms with E-state index < -0.39 is 236 Å². The summed E-state index contributed by atoms with van der Waals surface area (Å²) >= 11 is 0. The number of aliphatic hydroxyl groups is 1. The molecule has 4 saturated heterocycles. The third-order valence-corrected chi connectivity index (χ3v) is 25.1. The van der Waals surface area contributed by atoms with Gasteiger partial charge in [0.05, 0.1) is 18.6 Å². The van der Waals surface area contributed by atoms with Crippen molar-refractivity contribution in [3.8, 4) is 0 Å². The molecule has 720 valence electrons. The molecule has 0 saturated carbocycles. The van der Waals surface area contributed by atoms with Gasteiger partial charge in [-0.25, -0.2) is 4.39 Å². The third kappa shape index (κ3) is 27.7. The topological polar surface area (TPSA) is 562 Å². The minimum absolute atomic E-state index is 0.00750. The largest absolute Gasteiger partial charge is 0.481 e. The smallest absolute Gasteiger partial charge is 0.323 e. The average Bonchev–Trinajstić information content (AvgIpc) is 1.63. The molecule has 4 aliphatic rings. The van der Waals surface area contributed by atoms with Gasteiger partial charge in [-0.05, 0) is 143 Å². The Kier molecular flexibility index (Phi) is 38.2. The van der Waals surface area contributed by atoms with E-state index in [4.69, 9.17) is 17.2 Å². The van der Waals surface area contributed by atoms with Crippen LogP contribution in [0.15, 0.2) is 85.2 Å². The molecule has 6 heterocycles. The maximum Gasteiger partial charge on any atom is 0.323 e. The number of aliphatic carboxylic acids is 2. The number of ketones is 1. The van der Waals surface area contributed by atoms with Gasteiger partial charge in [0.15, 0.2) is 5.78 Å². The molecule has 4 aliphatic heterocycles. The monoisotopic (exact) mass is 1840 g/mol. The van der Waals surface area contributed by atoms with E-state index in [1.165, 1.54) is 46.8 Å². The summed E-state index contributed by atoms with van der Waals surface area (Å²) in [5.74, 6) is -18.4. The number of carbonyl (C=O) groups is 17. The number of Topliss-reactive ketones (excluding diaryl/α,β-unsaturated/α-hetero) is 1. The number of hydrogen-bond donors (Lipinski definition) is 15. The highest BCUT2D eigenvalue weighted by Crippen LogP contribution is 2.31. The number of likely N-dealkylation sites (N-methyl/N-ethyl adjacent to an activating group) is 2. The third-order valence-electron chi connectivity index (χ3n) is 25.1. The van der Waals surface area contributed by atoms with E-state index in [0.29, 0.717) is 77.0 Å². The van der Waals surface area contributed by atoms with Crippen LogP contribution in [-0.2, 0) is 107 Å². The number of amides is 14. The highest BCUT2D eigenvalue weighted by molar-refractivity contribution is 6.02. The molecule has 0 unspecified atom stereocenters. The molecule has 4 fully saturated rings. The number of nitrogens with zero attached hydrogens (tertiary/aromatic N) is 6. The van der Waals surface area contributed by atoms with Crippen LogP contribution in [0.25, 0.3) is 21.8 Å². The van der Waals surface area contributed by atoms with E-state index in [2.05, 4.69) is 47.5 Å². The number of fused-ring (bicyclic) bond motifs is 5. The fourth-order valence-corrected chi connectivity index (χ4v) is 18.1. The first-order valence-electron chi connectivity index (χ1n) is 45.9. The van der Waals surface area contributed by atoms with Gasteiger partial charge in [-0.3, -0.25) is 81.5 Å². The Bertz CT molecular complexity index is 4960. The Morgan fingerprint density at radius 1 is 0.515 bits per heavy atom. The zero-order valence-corrected chi connectivity index (χ0v) is 76.5. The minimum atomic E-state index is -1.85. The molecular formula is C93H131FN18O20. The first-order valence-corrected chi connectivity index (χ1v) is 45.9. The summed E-state index contributed by atoms with van der Waals surface area (Å²) in [5.41, 5.74) is 20.9. The van der Waals surface area contributed by atoms with Crippen LogP contribution in [0.1, 0.15) is 187 Å². The van der Waals surface area contributed by atoms with Gasteiger partial charge in [0, 0.05) is 112 Å². The second-order valence-electron chi connectivity index (χ2n) is 36.0. The van der Waals surface area contributed by atoms with Crippen molar-refractivity contribution in [3.05, 3.63) is 108 Å². The van der Waals surface area contributed by atoms with E-state index in [1.54, 1.807) is 82.4 Å². The number of aromatic nitrogens is 2. The first-order chi connectivity index (χ1) is 62.8. The van der Waals surface area contributed by atoms with Crippen molar-refractivity contribution >= 4 is 122 Å². The zero-order valence-electron chi connectivity index (χ0n) is 76.5. The lowest BCUT2D eigenvalue weighted by atomic mass is 9.90. The second-order valence-corrected chi connectivity index (χ2v) is 36.0. The number of nitrogens with two attached hydrogens (primary N) is 3. The lowest BCUT2D eigenvalue weighted by Crippen LogP contribution is -2.61. The molecule has 2 aromatic heterocycles. The number of carboxylic acid groups (broad SMARTS) is 2. The van der Waals surface area contributed by atoms with Gasteiger partial charge in [0.2, 0.25) is 82.7 Å². The molecule has 15 atom stereocenters. The van der Waals surface area contributed by atoms with Crippen LogP contribution in [0.5, 0.6) is 0 Å².